The number of carbonyl (C=O) groups excluding carboxylic acids is 3. The van der Waals surface area contributed by atoms with Gasteiger partial charge in [-0.05, 0) is 65.0 Å². The molecular formula is C46H89NO7. The van der Waals surface area contributed by atoms with Gasteiger partial charge < -0.3 is 23.8 Å². The van der Waals surface area contributed by atoms with Crippen LogP contribution in [-0.4, -0.2) is 69.6 Å². The SMILES string of the molecule is CCCCCCCC(=O)OCCCCCCCCCCC(CCOC(=O)CCCC(CCCCCCC)CCCCCCC)OC(=O)OCCCN(C)C. The summed E-state index contributed by atoms with van der Waals surface area (Å²) in [6.07, 6.45) is 34.3. The van der Waals surface area contributed by atoms with Gasteiger partial charge in [0, 0.05) is 25.8 Å². The van der Waals surface area contributed by atoms with Gasteiger partial charge in [0.25, 0.3) is 0 Å². The van der Waals surface area contributed by atoms with Crippen LogP contribution in [0, 0.1) is 5.92 Å². The molecule has 54 heavy (non-hydrogen) atoms. The number of unbranched alkanes of at least 4 members (excludes halogenated alkanes) is 19. The molecular weight excluding hydrogens is 679 g/mol. The van der Waals surface area contributed by atoms with Gasteiger partial charge in [-0.1, -0.05) is 162 Å². The summed E-state index contributed by atoms with van der Waals surface area (Å²) < 4.78 is 22.1. The molecule has 0 bridgehead atoms. The molecule has 1 unspecified atom stereocenters. The van der Waals surface area contributed by atoms with Gasteiger partial charge in [-0.3, -0.25) is 9.59 Å². The van der Waals surface area contributed by atoms with Crippen molar-refractivity contribution in [1.82, 2.24) is 4.90 Å². The van der Waals surface area contributed by atoms with E-state index in [2.05, 4.69) is 25.7 Å². The third-order valence-electron chi connectivity index (χ3n) is 10.5. The van der Waals surface area contributed by atoms with Crippen LogP contribution in [-0.2, 0) is 28.5 Å². The predicted octanol–water partition coefficient (Wildman–Crippen LogP) is 13.3. The molecule has 0 fully saturated rings. The first kappa shape index (κ1) is 52.2. The number of nitrogens with zero attached hydrogens (tertiary/aromatic N) is 1. The average molecular weight is 768 g/mol. The minimum atomic E-state index is -0.627. The minimum Gasteiger partial charge on any atom is -0.466 e. The molecule has 0 aromatic rings. The van der Waals surface area contributed by atoms with Crippen LogP contribution in [0.1, 0.15) is 226 Å². The molecule has 0 radical (unpaired) electrons. The Kier molecular flexibility index (Phi) is 39.4. The Morgan fingerprint density at radius 3 is 1.41 bits per heavy atom. The molecule has 0 N–H and O–H groups in total. The van der Waals surface area contributed by atoms with Gasteiger partial charge in [0.1, 0.15) is 6.10 Å². The number of carbonyl (C=O) groups is 3. The van der Waals surface area contributed by atoms with Crippen molar-refractivity contribution in [3.8, 4) is 0 Å². The van der Waals surface area contributed by atoms with Crippen LogP contribution in [0.5, 0.6) is 0 Å². The monoisotopic (exact) mass is 768 g/mol. The summed E-state index contributed by atoms with van der Waals surface area (Å²) in [5, 5.41) is 0. The molecule has 0 aliphatic rings. The van der Waals surface area contributed by atoms with E-state index >= 15 is 0 Å². The summed E-state index contributed by atoms with van der Waals surface area (Å²) in [4.78, 5) is 39.1. The maximum atomic E-state index is 12.7. The van der Waals surface area contributed by atoms with Gasteiger partial charge in [-0.25, -0.2) is 4.79 Å². The Morgan fingerprint density at radius 2 is 0.852 bits per heavy atom. The fourth-order valence-electron chi connectivity index (χ4n) is 7.05. The van der Waals surface area contributed by atoms with Gasteiger partial charge in [-0.2, -0.15) is 0 Å². The van der Waals surface area contributed by atoms with E-state index < -0.39 is 6.16 Å². The highest BCUT2D eigenvalue weighted by Crippen LogP contribution is 2.24. The standard InChI is InChI=1S/C46H89NO7/c1-6-9-12-19-24-31-42(32-25-20-13-10-7-2)33-29-36-45(49)52-41-37-43(54-46(50)53-40-30-38-47(4)5)34-26-22-17-15-16-18-23-28-39-51-44(48)35-27-21-14-11-8-3/h42-43H,6-41H2,1-5H3. The van der Waals surface area contributed by atoms with Crippen LogP contribution >= 0.6 is 0 Å². The second-order valence-electron chi connectivity index (χ2n) is 16.2. The van der Waals surface area contributed by atoms with E-state index in [9.17, 15) is 14.4 Å². The van der Waals surface area contributed by atoms with E-state index in [0.29, 0.717) is 38.4 Å². The lowest BCUT2D eigenvalue weighted by Gasteiger charge is -2.18. The Bertz CT molecular complexity index is 822. The summed E-state index contributed by atoms with van der Waals surface area (Å²) in [5.74, 6) is 0.532. The highest BCUT2D eigenvalue weighted by Gasteiger charge is 2.17. The number of ether oxygens (including phenoxy) is 4. The van der Waals surface area contributed by atoms with Crippen LogP contribution in [0.2, 0.25) is 0 Å². The first-order valence-corrected chi connectivity index (χ1v) is 23.1. The van der Waals surface area contributed by atoms with Crippen LogP contribution < -0.4 is 0 Å². The average Bonchev–Trinajstić information content (AvgIpc) is 3.14. The van der Waals surface area contributed by atoms with Crippen LogP contribution in [0.4, 0.5) is 4.79 Å². The first-order chi connectivity index (χ1) is 26.3. The fourth-order valence-corrected chi connectivity index (χ4v) is 7.05. The molecule has 0 spiro atoms. The van der Waals surface area contributed by atoms with Crippen molar-refractivity contribution in [3.05, 3.63) is 0 Å². The molecule has 0 aromatic carbocycles. The van der Waals surface area contributed by atoms with Crippen molar-refractivity contribution in [2.75, 3.05) is 40.5 Å². The topological polar surface area (TPSA) is 91.4 Å². The molecule has 0 rings (SSSR count). The van der Waals surface area contributed by atoms with E-state index in [0.717, 1.165) is 83.6 Å². The molecule has 8 heteroatoms. The van der Waals surface area contributed by atoms with Crippen LogP contribution in [0.25, 0.3) is 0 Å². The summed E-state index contributed by atoms with van der Waals surface area (Å²) in [6.45, 7) is 8.72. The Balaban J connectivity index is 4.43. The second-order valence-corrected chi connectivity index (χ2v) is 16.2. The highest BCUT2D eigenvalue weighted by atomic mass is 16.7. The number of rotatable bonds is 41. The summed E-state index contributed by atoms with van der Waals surface area (Å²) in [5.41, 5.74) is 0. The zero-order valence-corrected chi connectivity index (χ0v) is 36.4. The van der Waals surface area contributed by atoms with Crippen molar-refractivity contribution in [1.29, 1.82) is 0 Å². The largest absolute Gasteiger partial charge is 0.508 e. The molecule has 1 atom stereocenters. The third kappa shape index (κ3) is 38.4. The van der Waals surface area contributed by atoms with Gasteiger partial charge in [-0.15, -0.1) is 0 Å². The molecule has 0 aliphatic carbocycles. The van der Waals surface area contributed by atoms with E-state index in [1.54, 1.807) is 0 Å². The maximum absolute atomic E-state index is 12.7. The van der Waals surface area contributed by atoms with Crippen molar-refractivity contribution in [2.45, 2.75) is 232 Å². The van der Waals surface area contributed by atoms with Crippen molar-refractivity contribution in [3.63, 3.8) is 0 Å². The quantitative estimate of drug-likeness (QED) is 0.0345. The van der Waals surface area contributed by atoms with Gasteiger partial charge in [0.15, 0.2) is 0 Å². The molecule has 0 saturated carbocycles. The summed E-state index contributed by atoms with van der Waals surface area (Å²) in [7, 11) is 3.99. The lowest BCUT2D eigenvalue weighted by atomic mass is 9.90. The fraction of sp³-hybridized carbons (Fsp3) is 0.935. The zero-order valence-electron chi connectivity index (χ0n) is 36.4. The van der Waals surface area contributed by atoms with E-state index in [4.69, 9.17) is 18.9 Å². The van der Waals surface area contributed by atoms with Crippen molar-refractivity contribution in [2.24, 2.45) is 5.92 Å². The maximum Gasteiger partial charge on any atom is 0.508 e. The summed E-state index contributed by atoms with van der Waals surface area (Å²) >= 11 is 0. The molecule has 0 aliphatic heterocycles. The van der Waals surface area contributed by atoms with E-state index in [-0.39, 0.29) is 24.6 Å². The lowest BCUT2D eigenvalue weighted by Crippen LogP contribution is -2.23. The van der Waals surface area contributed by atoms with Gasteiger partial charge in [0.2, 0.25) is 0 Å². The van der Waals surface area contributed by atoms with E-state index in [1.807, 2.05) is 14.1 Å². The van der Waals surface area contributed by atoms with Gasteiger partial charge >= 0.3 is 18.1 Å². The lowest BCUT2D eigenvalue weighted by molar-refractivity contribution is -0.145. The Labute approximate surface area is 334 Å². The highest BCUT2D eigenvalue weighted by molar-refractivity contribution is 5.69. The molecule has 0 heterocycles. The summed E-state index contributed by atoms with van der Waals surface area (Å²) in [6, 6.07) is 0. The predicted molar refractivity (Wildman–Crippen MR) is 225 cm³/mol. The number of hydrogen-bond acceptors (Lipinski definition) is 8. The minimum absolute atomic E-state index is 0.0459. The number of hydrogen-bond donors (Lipinski definition) is 0. The molecule has 8 nitrogen and oxygen atoms in total. The smallest absolute Gasteiger partial charge is 0.466 e. The molecule has 0 saturated heterocycles. The first-order valence-electron chi connectivity index (χ1n) is 23.1. The zero-order chi connectivity index (χ0) is 39.7. The molecule has 320 valence electrons. The molecule has 0 aromatic heterocycles. The van der Waals surface area contributed by atoms with E-state index in [1.165, 1.54) is 109 Å². The normalized spacial score (nSPS) is 12.0. The van der Waals surface area contributed by atoms with Crippen molar-refractivity contribution < 1.29 is 33.3 Å². The van der Waals surface area contributed by atoms with Crippen molar-refractivity contribution >= 4 is 18.1 Å². The second kappa shape index (κ2) is 40.8. The Hall–Kier alpha value is -1.83. The van der Waals surface area contributed by atoms with Crippen LogP contribution in [0.3, 0.4) is 0 Å². The van der Waals surface area contributed by atoms with Gasteiger partial charge in [0.05, 0.1) is 19.8 Å². The Morgan fingerprint density at radius 1 is 0.426 bits per heavy atom. The molecule has 0 amide bonds. The third-order valence-corrected chi connectivity index (χ3v) is 10.5. The number of esters is 2. The van der Waals surface area contributed by atoms with Crippen LogP contribution in [0.15, 0.2) is 0 Å².